The van der Waals surface area contributed by atoms with Gasteiger partial charge in [-0.05, 0) is 126 Å². The Hall–Kier alpha value is -6.70. The van der Waals surface area contributed by atoms with Gasteiger partial charge in [0, 0.05) is 22.5 Å². The lowest BCUT2D eigenvalue weighted by Crippen LogP contribution is -2.16. The molecule has 256 valence electrons. The first kappa shape index (κ1) is 32.0. The highest BCUT2D eigenvalue weighted by atomic mass is 15.1. The molecule has 0 unspecified atom stereocenters. The number of rotatable bonds is 6. The quantitative estimate of drug-likeness (QED) is 0.157. The van der Waals surface area contributed by atoms with Crippen molar-refractivity contribution in [2.24, 2.45) is 0 Å². The lowest BCUT2D eigenvalue weighted by atomic mass is 9.82. The third-order valence-corrected chi connectivity index (χ3v) is 11.4. The van der Waals surface area contributed by atoms with Crippen LogP contribution in [0.3, 0.4) is 0 Å². The van der Waals surface area contributed by atoms with Crippen molar-refractivity contribution in [3.05, 3.63) is 211 Å². The zero-order valence-electron chi connectivity index (χ0n) is 30.5. The van der Waals surface area contributed by atoms with Crippen LogP contribution >= 0.6 is 0 Å². The molecular weight excluding hydrogens is 651 g/mol. The average molecular weight is 690 g/mol. The average Bonchev–Trinajstić information content (AvgIpc) is 3.46. The molecule has 54 heavy (non-hydrogen) atoms. The molecule has 10 rings (SSSR count). The molecule has 1 nitrogen and oxygen atoms in total. The fourth-order valence-electron chi connectivity index (χ4n) is 8.72. The highest BCUT2D eigenvalue weighted by Crippen LogP contribution is 2.51. The monoisotopic (exact) mass is 689 g/mol. The Bertz CT molecular complexity index is 2790. The minimum absolute atomic E-state index is 0.124. The maximum Gasteiger partial charge on any atom is 0.0473 e. The summed E-state index contributed by atoms with van der Waals surface area (Å²) in [7, 11) is 0. The van der Waals surface area contributed by atoms with Gasteiger partial charge in [-0.1, -0.05) is 166 Å². The molecule has 0 aromatic heterocycles. The van der Waals surface area contributed by atoms with Crippen LogP contribution in [0.1, 0.15) is 25.0 Å². The topological polar surface area (TPSA) is 3.24 Å². The van der Waals surface area contributed by atoms with E-state index < -0.39 is 0 Å². The maximum atomic E-state index is 2.46. The summed E-state index contributed by atoms with van der Waals surface area (Å²) >= 11 is 0. The van der Waals surface area contributed by atoms with E-state index >= 15 is 0 Å². The summed E-state index contributed by atoms with van der Waals surface area (Å²) < 4.78 is 0. The van der Waals surface area contributed by atoms with Gasteiger partial charge in [0.2, 0.25) is 0 Å². The van der Waals surface area contributed by atoms with E-state index in [1.165, 1.54) is 77.2 Å². The van der Waals surface area contributed by atoms with Crippen molar-refractivity contribution in [3.8, 4) is 44.5 Å². The van der Waals surface area contributed by atoms with E-state index in [-0.39, 0.29) is 5.41 Å². The van der Waals surface area contributed by atoms with Gasteiger partial charge in [0.1, 0.15) is 0 Å². The summed E-state index contributed by atoms with van der Waals surface area (Å²) in [6.07, 6.45) is 0. The largest absolute Gasteiger partial charge is 0.310 e. The molecule has 1 aliphatic rings. The van der Waals surface area contributed by atoms with Crippen molar-refractivity contribution >= 4 is 38.6 Å². The molecule has 0 N–H and O–H groups in total. The van der Waals surface area contributed by atoms with Crippen LogP contribution in [0.4, 0.5) is 17.1 Å². The van der Waals surface area contributed by atoms with E-state index in [1.807, 2.05) is 0 Å². The van der Waals surface area contributed by atoms with E-state index in [0.29, 0.717) is 0 Å². The Morgan fingerprint density at radius 3 is 1.61 bits per heavy atom. The predicted molar refractivity (Wildman–Crippen MR) is 230 cm³/mol. The molecule has 1 heteroatoms. The molecule has 0 heterocycles. The summed E-state index contributed by atoms with van der Waals surface area (Å²) in [4.78, 5) is 2.46. The molecule has 0 aliphatic heterocycles. The van der Waals surface area contributed by atoms with Crippen molar-refractivity contribution < 1.29 is 0 Å². The normalized spacial score (nSPS) is 12.8. The Kier molecular flexibility index (Phi) is 7.56. The fraction of sp³-hybridized carbons (Fsp3) is 0.0566. The molecule has 0 atom stereocenters. The Morgan fingerprint density at radius 2 is 0.870 bits per heavy atom. The molecule has 9 aromatic carbocycles. The number of fused-ring (bicyclic) bond motifs is 6. The Morgan fingerprint density at radius 1 is 0.315 bits per heavy atom. The van der Waals surface area contributed by atoms with E-state index in [9.17, 15) is 0 Å². The van der Waals surface area contributed by atoms with Crippen molar-refractivity contribution in [3.63, 3.8) is 0 Å². The molecule has 0 saturated heterocycles. The summed E-state index contributed by atoms with van der Waals surface area (Å²) in [5.41, 5.74) is 15.8. The number of benzene rings is 9. The van der Waals surface area contributed by atoms with Gasteiger partial charge in [0.05, 0.1) is 0 Å². The van der Waals surface area contributed by atoms with Crippen LogP contribution in [0.25, 0.3) is 66.1 Å². The molecular formula is C53H39N. The number of hydrogen-bond donors (Lipinski definition) is 0. The van der Waals surface area contributed by atoms with E-state index in [1.54, 1.807) is 0 Å². The van der Waals surface area contributed by atoms with Gasteiger partial charge < -0.3 is 4.90 Å². The molecule has 1 aliphatic carbocycles. The van der Waals surface area contributed by atoms with Crippen LogP contribution in [-0.2, 0) is 5.41 Å². The van der Waals surface area contributed by atoms with E-state index in [2.05, 4.69) is 219 Å². The summed E-state index contributed by atoms with van der Waals surface area (Å²) in [5, 5.41) is 5.06. The van der Waals surface area contributed by atoms with Gasteiger partial charge in [0.25, 0.3) is 0 Å². The number of nitrogens with zero attached hydrogens (tertiary/aromatic N) is 1. The molecule has 0 fully saturated rings. The van der Waals surface area contributed by atoms with Crippen molar-refractivity contribution in [2.75, 3.05) is 4.90 Å². The van der Waals surface area contributed by atoms with Gasteiger partial charge in [-0.2, -0.15) is 0 Å². The first-order valence-corrected chi connectivity index (χ1v) is 18.8. The van der Waals surface area contributed by atoms with Crippen molar-refractivity contribution in [1.29, 1.82) is 0 Å². The molecule has 9 aromatic rings. The highest BCUT2D eigenvalue weighted by Gasteiger charge is 2.35. The minimum Gasteiger partial charge on any atom is -0.310 e. The standard InChI is InChI=1S/C53H39N/c1-53(2)51-27-14-13-26-48(51)49-29-28-43(35-52(49)53)54(44-32-40(36-16-5-3-6-17-36)30-41(33-44)37-18-7-4-8-19-37)42-22-15-21-38(31-42)50-34-39-20-9-10-23-45(39)46-24-11-12-25-47(46)50/h3-35H,1-2H3. The Labute approximate surface area is 317 Å². The second kappa shape index (κ2) is 12.8. The predicted octanol–water partition coefficient (Wildman–Crippen LogP) is 14.8. The van der Waals surface area contributed by atoms with Crippen molar-refractivity contribution in [1.82, 2.24) is 0 Å². The maximum absolute atomic E-state index is 2.46. The van der Waals surface area contributed by atoms with Crippen LogP contribution in [-0.4, -0.2) is 0 Å². The van der Waals surface area contributed by atoms with E-state index in [0.717, 1.165) is 17.1 Å². The fourth-order valence-corrected chi connectivity index (χ4v) is 8.72. The van der Waals surface area contributed by atoms with E-state index in [4.69, 9.17) is 0 Å². The lowest BCUT2D eigenvalue weighted by molar-refractivity contribution is 0.660. The zero-order valence-corrected chi connectivity index (χ0v) is 30.5. The zero-order chi connectivity index (χ0) is 36.2. The molecule has 0 saturated carbocycles. The van der Waals surface area contributed by atoms with Gasteiger partial charge in [-0.25, -0.2) is 0 Å². The highest BCUT2D eigenvalue weighted by molar-refractivity contribution is 6.14. The first-order chi connectivity index (χ1) is 26.5. The lowest BCUT2D eigenvalue weighted by Gasteiger charge is -2.29. The SMILES string of the molecule is CC1(C)c2ccccc2-c2ccc(N(c3cc(-c4ccccc4)cc(-c4ccccc4)c3)c3cccc(-c4cc5ccccc5c5ccccc45)c3)cc21. The summed E-state index contributed by atoms with van der Waals surface area (Å²) in [5.74, 6) is 0. The third-order valence-electron chi connectivity index (χ3n) is 11.4. The first-order valence-electron chi connectivity index (χ1n) is 18.8. The second-order valence-corrected chi connectivity index (χ2v) is 15.0. The van der Waals surface area contributed by atoms with Crippen LogP contribution < -0.4 is 4.90 Å². The van der Waals surface area contributed by atoms with Gasteiger partial charge >= 0.3 is 0 Å². The van der Waals surface area contributed by atoms with Crippen LogP contribution in [0.5, 0.6) is 0 Å². The smallest absolute Gasteiger partial charge is 0.0473 e. The third kappa shape index (κ3) is 5.32. The Balaban J connectivity index is 1.22. The molecule has 0 radical (unpaired) electrons. The second-order valence-electron chi connectivity index (χ2n) is 15.0. The van der Waals surface area contributed by atoms with Crippen molar-refractivity contribution in [2.45, 2.75) is 19.3 Å². The summed E-state index contributed by atoms with van der Waals surface area (Å²) in [6.45, 7) is 4.72. The van der Waals surface area contributed by atoms with Gasteiger partial charge in [0.15, 0.2) is 0 Å². The van der Waals surface area contributed by atoms with Crippen LogP contribution in [0.2, 0.25) is 0 Å². The molecule has 0 spiro atoms. The van der Waals surface area contributed by atoms with Gasteiger partial charge in [-0.15, -0.1) is 0 Å². The number of anilines is 3. The van der Waals surface area contributed by atoms with Crippen LogP contribution in [0, 0.1) is 0 Å². The summed E-state index contributed by atoms with van der Waals surface area (Å²) in [6, 6.07) is 73.5. The molecule has 0 amide bonds. The number of hydrogen-bond acceptors (Lipinski definition) is 1. The van der Waals surface area contributed by atoms with Gasteiger partial charge in [-0.3, -0.25) is 0 Å². The van der Waals surface area contributed by atoms with Crippen LogP contribution in [0.15, 0.2) is 200 Å². The molecule has 0 bridgehead atoms. The minimum atomic E-state index is -0.124.